The number of ether oxygens (including phenoxy) is 1. The first kappa shape index (κ1) is 23.2. The van der Waals surface area contributed by atoms with Gasteiger partial charge in [0.1, 0.15) is 0 Å². The van der Waals surface area contributed by atoms with Crippen molar-refractivity contribution in [1.29, 1.82) is 0 Å². The molecule has 1 atom stereocenters. The summed E-state index contributed by atoms with van der Waals surface area (Å²) in [4.78, 5) is 10.9. The van der Waals surface area contributed by atoms with Crippen molar-refractivity contribution in [3.05, 3.63) is 12.2 Å². The minimum Gasteiger partial charge on any atom is -0.466 e. The van der Waals surface area contributed by atoms with Crippen LogP contribution < -0.4 is 0 Å². The Morgan fingerprint density at radius 1 is 0.875 bits per heavy atom. The van der Waals surface area contributed by atoms with E-state index in [1.54, 1.807) is 6.08 Å². The maximum Gasteiger partial charge on any atom is 0.330 e. The molecule has 0 fully saturated rings. The Morgan fingerprint density at radius 2 is 1.38 bits per heavy atom. The Bertz CT molecular complexity index is 299. The van der Waals surface area contributed by atoms with Gasteiger partial charge in [0.15, 0.2) is 0 Å². The smallest absolute Gasteiger partial charge is 0.330 e. The summed E-state index contributed by atoms with van der Waals surface area (Å²) in [5.74, 6) is -0.328. The minimum atomic E-state index is -0.328. The first-order valence-electron chi connectivity index (χ1n) is 10.1. The van der Waals surface area contributed by atoms with Gasteiger partial charge < -0.3 is 9.84 Å². The van der Waals surface area contributed by atoms with Crippen LogP contribution in [0.5, 0.6) is 0 Å². The third kappa shape index (κ3) is 17.5. The minimum absolute atomic E-state index is 0.240. The third-order valence-corrected chi connectivity index (χ3v) is 4.51. The van der Waals surface area contributed by atoms with Gasteiger partial charge in [0.2, 0.25) is 0 Å². The molecule has 0 radical (unpaired) electrons. The van der Waals surface area contributed by atoms with Crippen molar-refractivity contribution in [1.82, 2.24) is 0 Å². The molecule has 0 rings (SSSR count). The van der Waals surface area contributed by atoms with Crippen molar-refractivity contribution in [2.24, 2.45) is 0 Å². The Kier molecular flexibility index (Phi) is 17.9. The van der Waals surface area contributed by atoms with Crippen LogP contribution in [0.4, 0.5) is 0 Å². The second-order valence-corrected chi connectivity index (χ2v) is 6.83. The van der Waals surface area contributed by atoms with Crippen molar-refractivity contribution in [2.75, 3.05) is 7.11 Å². The summed E-state index contributed by atoms with van der Waals surface area (Å²) in [6.07, 6.45) is 21.4. The van der Waals surface area contributed by atoms with Crippen LogP contribution in [0.3, 0.4) is 0 Å². The molecule has 0 saturated heterocycles. The van der Waals surface area contributed by atoms with Crippen LogP contribution in [-0.2, 0) is 9.53 Å². The Hall–Kier alpha value is -0.830. The second kappa shape index (κ2) is 18.5. The van der Waals surface area contributed by atoms with Crippen molar-refractivity contribution in [3.8, 4) is 0 Å². The van der Waals surface area contributed by atoms with E-state index in [0.717, 1.165) is 25.7 Å². The number of allylic oxidation sites excluding steroid dienone is 1. The van der Waals surface area contributed by atoms with Crippen LogP contribution in [-0.4, -0.2) is 24.3 Å². The first-order valence-corrected chi connectivity index (χ1v) is 10.1. The van der Waals surface area contributed by atoms with Crippen LogP contribution in [0.15, 0.2) is 12.2 Å². The van der Waals surface area contributed by atoms with Gasteiger partial charge in [0, 0.05) is 6.08 Å². The lowest BCUT2D eigenvalue weighted by Gasteiger charge is -2.08. The fourth-order valence-corrected chi connectivity index (χ4v) is 2.90. The fourth-order valence-electron chi connectivity index (χ4n) is 2.90. The summed E-state index contributed by atoms with van der Waals surface area (Å²) in [6.45, 7) is 2.27. The summed E-state index contributed by atoms with van der Waals surface area (Å²) in [6, 6.07) is 0. The van der Waals surface area contributed by atoms with Crippen LogP contribution in [0, 0.1) is 0 Å². The molecule has 0 spiro atoms. The van der Waals surface area contributed by atoms with E-state index >= 15 is 0 Å². The summed E-state index contributed by atoms with van der Waals surface area (Å²) in [5, 5.41) is 9.88. The number of esters is 1. The van der Waals surface area contributed by atoms with Gasteiger partial charge in [-0.25, -0.2) is 4.79 Å². The summed E-state index contributed by atoms with van der Waals surface area (Å²) >= 11 is 0. The summed E-state index contributed by atoms with van der Waals surface area (Å²) in [7, 11) is 1.37. The van der Waals surface area contributed by atoms with Gasteiger partial charge in [-0.3, -0.25) is 0 Å². The van der Waals surface area contributed by atoms with Crippen LogP contribution in [0.25, 0.3) is 0 Å². The van der Waals surface area contributed by atoms with Gasteiger partial charge in [0.05, 0.1) is 13.2 Å². The molecule has 0 unspecified atom stereocenters. The van der Waals surface area contributed by atoms with Crippen molar-refractivity contribution in [2.45, 2.75) is 109 Å². The number of carbonyl (C=O) groups excluding carboxylic acids is 1. The van der Waals surface area contributed by atoms with E-state index in [1.165, 1.54) is 83.8 Å². The number of unbranched alkanes of at least 4 members (excludes halogenated alkanes) is 11. The average molecular weight is 341 g/mol. The Labute approximate surface area is 149 Å². The molecular formula is C21H40O3. The van der Waals surface area contributed by atoms with Gasteiger partial charge in [-0.2, -0.15) is 0 Å². The number of methoxy groups -OCH3 is 1. The average Bonchev–Trinajstić information content (AvgIpc) is 2.59. The maximum atomic E-state index is 10.9. The fraction of sp³-hybridized carbons (Fsp3) is 0.857. The molecule has 0 aliphatic heterocycles. The lowest BCUT2D eigenvalue weighted by Crippen LogP contribution is -2.05. The number of carbonyl (C=O) groups is 1. The molecule has 0 heterocycles. The van der Waals surface area contributed by atoms with Gasteiger partial charge in [-0.1, -0.05) is 90.0 Å². The van der Waals surface area contributed by atoms with Crippen molar-refractivity contribution in [3.63, 3.8) is 0 Å². The highest BCUT2D eigenvalue weighted by Crippen LogP contribution is 2.14. The lowest BCUT2D eigenvalue weighted by atomic mass is 10.0. The van der Waals surface area contributed by atoms with E-state index in [-0.39, 0.29) is 12.1 Å². The second-order valence-electron chi connectivity index (χ2n) is 6.83. The molecule has 1 N–H and O–H groups in total. The zero-order valence-corrected chi connectivity index (χ0v) is 16.1. The number of hydrogen-bond donors (Lipinski definition) is 1. The largest absolute Gasteiger partial charge is 0.466 e. The van der Waals surface area contributed by atoms with E-state index in [1.807, 2.05) is 0 Å². The summed E-state index contributed by atoms with van der Waals surface area (Å²) < 4.78 is 4.52. The molecule has 0 aliphatic rings. The van der Waals surface area contributed by atoms with E-state index in [4.69, 9.17) is 0 Å². The molecule has 3 nitrogen and oxygen atoms in total. The van der Waals surface area contributed by atoms with Gasteiger partial charge in [0.25, 0.3) is 0 Å². The zero-order chi connectivity index (χ0) is 17.9. The van der Waals surface area contributed by atoms with Gasteiger partial charge in [-0.15, -0.1) is 0 Å². The molecule has 24 heavy (non-hydrogen) atoms. The van der Waals surface area contributed by atoms with Crippen LogP contribution >= 0.6 is 0 Å². The predicted octanol–water partition coefficient (Wildman–Crippen LogP) is 5.95. The molecule has 142 valence electrons. The number of aliphatic hydroxyl groups excluding tert-OH is 1. The Morgan fingerprint density at radius 3 is 1.88 bits per heavy atom. The number of aliphatic hydroxyl groups is 1. The molecule has 0 saturated carbocycles. The predicted molar refractivity (Wildman–Crippen MR) is 102 cm³/mol. The maximum absolute atomic E-state index is 10.9. The molecule has 0 amide bonds. The highest BCUT2D eigenvalue weighted by molar-refractivity contribution is 5.81. The van der Waals surface area contributed by atoms with Gasteiger partial charge >= 0.3 is 5.97 Å². The normalized spacial score (nSPS) is 12.6. The highest BCUT2D eigenvalue weighted by atomic mass is 16.5. The lowest BCUT2D eigenvalue weighted by molar-refractivity contribution is -0.134. The van der Waals surface area contributed by atoms with Crippen molar-refractivity contribution >= 4 is 5.97 Å². The number of hydrogen-bond acceptors (Lipinski definition) is 3. The highest BCUT2D eigenvalue weighted by Gasteiger charge is 2.02. The molecule has 0 aromatic rings. The molecule has 0 aromatic heterocycles. The molecule has 3 heteroatoms. The van der Waals surface area contributed by atoms with Crippen LogP contribution in [0.1, 0.15) is 103 Å². The third-order valence-electron chi connectivity index (χ3n) is 4.51. The van der Waals surface area contributed by atoms with E-state index in [9.17, 15) is 9.90 Å². The standard InChI is InChI=1S/C21H40O3/c1-3-4-5-6-7-8-9-10-11-12-13-14-17-20(22)18-15-16-19-21(23)24-2/h16,19-20,22H,3-15,17-18H2,1-2H3/t20-/m0/s1. The Balaban J connectivity index is 3.23. The SMILES string of the molecule is CCCCCCCCCCCCCC[C@H](O)CCC=CC(=O)OC. The quantitative estimate of drug-likeness (QED) is 0.202. The van der Waals surface area contributed by atoms with Gasteiger partial charge in [-0.05, 0) is 19.3 Å². The van der Waals surface area contributed by atoms with E-state index in [0.29, 0.717) is 0 Å². The van der Waals surface area contributed by atoms with E-state index < -0.39 is 0 Å². The molecule has 0 bridgehead atoms. The van der Waals surface area contributed by atoms with Crippen molar-refractivity contribution < 1.29 is 14.6 Å². The topological polar surface area (TPSA) is 46.5 Å². The zero-order valence-electron chi connectivity index (χ0n) is 16.1. The monoisotopic (exact) mass is 340 g/mol. The summed E-state index contributed by atoms with van der Waals surface area (Å²) in [5.41, 5.74) is 0. The van der Waals surface area contributed by atoms with Crippen LogP contribution in [0.2, 0.25) is 0 Å². The first-order chi connectivity index (χ1) is 11.7. The molecular weight excluding hydrogens is 300 g/mol. The van der Waals surface area contributed by atoms with E-state index in [2.05, 4.69) is 11.7 Å². The number of rotatable bonds is 17. The molecule has 0 aliphatic carbocycles. The molecule has 0 aromatic carbocycles.